The van der Waals surface area contributed by atoms with Gasteiger partial charge in [-0.15, -0.1) is 11.3 Å². The lowest BCUT2D eigenvalue weighted by Crippen LogP contribution is -2.30. The summed E-state index contributed by atoms with van der Waals surface area (Å²) >= 11 is 1.63. The van der Waals surface area contributed by atoms with Gasteiger partial charge >= 0.3 is 0 Å². The van der Waals surface area contributed by atoms with Crippen LogP contribution in [0, 0.1) is 0 Å². The number of aromatic nitrogens is 2. The van der Waals surface area contributed by atoms with E-state index in [-0.39, 0.29) is 6.04 Å². The summed E-state index contributed by atoms with van der Waals surface area (Å²) < 4.78 is 0. The molecule has 0 radical (unpaired) electrons. The SMILES string of the molecule is NNC(Cc1cncs1)c1ccccn1. The molecule has 0 aliphatic rings. The van der Waals surface area contributed by atoms with E-state index < -0.39 is 0 Å². The maximum absolute atomic E-state index is 5.52. The Balaban J connectivity index is 2.12. The Hall–Kier alpha value is -1.30. The quantitative estimate of drug-likeness (QED) is 0.602. The monoisotopic (exact) mass is 220 g/mol. The van der Waals surface area contributed by atoms with Gasteiger partial charge in [0, 0.05) is 23.7 Å². The third-order valence-electron chi connectivity index (χ3n) is 2.13. The van der Waals surface area contributed by atoms with Crippen molar-refractivity contribution in [1.29, 1.82) is 0 Å². The fraction of sp³-hybridized carbons (Fsp3) is 0.200. The molecular weight excluding hydrogens is 208 g/mol. The minimum atomic E-state index is 0.0478. The molecule has 0 aliphatic heterocycles. The molecule has 0 spiro atoms. The molecule has 2 aromatic heterocycles. The van der Waals surface area contributed by atoms with Crippen LogP contribution in [0.3, 0.4) is 0 Å². The highest BCUT2D eigenvalue weighted by atomic mass is 32.1. The minimum Gasteiger partial charge on any atom is -0.271 e. The van der Waals surface area contributed by atoms with Crippen molar-refractivity contribution in [2.75, 3.05) is 0 Å². The van der Waals surface area contributed by atoms with E-state index in [0.717, 1.165) is 12.1 Å². The Kier molecular flexibility index (Phi) is 3.39. The maximum Gasteiger partial charge on any atom is 0.0794 e. The van der Waals surface area contributed by atoms with Crippen LogP contribution in [0.5, 0.6) is 0 Å². The topological polar surface area (TPSA) is 63.8 Å². The van der Waals surface area contributed by atoms with Crippen molar-refractivity contribution in [3.63, 3.8) is 0 Å². The molecule has 0 aromatic carbocycles. The summed E-state index contributed by atoms with van der Waals surface area (Å²) in [6.07, 6.45) is 4.45. The number of nitrogens with one attached hydrogen (secondary N) is 1. The van der Waals surface area contributed by atoms with Crippen molar-refractivity contribution in [3.05, 3.63) is 46.7 Å². The van der Waals surface area contributed by atoms with Crippen molar-refractivity contribution in [1.82, 2.24) is 15.4 Å². The number of nitrogens with zero attached hydrogens (tertiary/aromatic N) is 2. The summed E-state index contributed by atoms with van der Waals surface area (Å²) in [6.45, 7) is 0. The predicted molar refractivity (Wildman–Crippen MR) is 60.1 cm³/mol. The second-order valence-electron chi connectivity index (χ2n) is 3.15. The first-order valence-corrected chi connectivity index (χ1v) is 5.52. The number of hydrazine groups is 1. The fourth-order valence-corrected chi connectivity index (χ4v) is 2.02. The van der Waals surface area contributed by atoms with E-state index in [9.17, 15) is 0 Å². The summed E-state index contributed by atoms with van der Waals surface area (Å²) in [4.78, 5) is 9.50. The van der Waals surface area contributed by atoms with Gasteiger partial charge in [-0.2, -0.15) is 0 Å². The highest BCUT2D eigenvalue weighted by molar-refractivity contribution is 7.09. The number of hydrogen-bond donors (Lipinski definition) is 2. The molecule has 2 rings (SSSR count). The van der Waals surface area contributed by atoms with Crippen molar-refractivity contribution < 1.29 is 0 Å². The zero-order valence-electron chi connectivity index (χ0n) is 8.13. The van der Waals surface area contributed by atoms with Gasteiger partial charge in [0.05, 0.1) is 17.2 Å². The van der Waals surface area contributed by atoms with Crippen LogP contribution in [0.2, 0.25) is 0 Å². The average Bonchev–Trinajstić information content (AvgIpc) is 2.80. The molecule has 0 amide bonds. The van der Waals surface area contributed by atoms with Gasteiger partial charge in [0.2, 0.25) is 0 Å². The van der Waals surface area contributed by atoms with E-state index in [0.29, 0.717) is 0 Å². The van der Waals surface area contributed by atoms with Gasteiger partial charge in [-0.3, -0.25) is 21.2 Å². The number of rotatable bonds is 4. The first-order valence-electron chi connectivity index (χ1n) is 4.64. The molecule has 78 valence electrons. The van der Waals surface area contributed by atoms with E-state index in [1.165, 1.54) is 4.88 Å². The summed E-state index contributed by atoms with van der Waals surface area (Å²) in [5.74, 6) is 5.52. The molecule has 0 bridgehead atoms. The lowest BCUT2D eigenvalue weighted by atomic mass is 10.1. The van der Waals surface area contributed by atoms with Gasteiger partial charge < -0.3 is 0 Å². The fourth-order valence-electron chi connectivity index (χ4n) is 1.38. The molecular formula is C10H12N4S. The smallest absolute Gasteiger partial charge is 0.0794 e. The van der Waals surface area contributed by atoms with Crippen LogP contribution >= 0.6 is 11.3 Å². The summed E-state index contributed by atoms with van der Waals surface area (Å²) in [5.41, 5.74) is 5.55. The Morgan fingerprint density at radius 2 is 2.40 bits per heavy atom. The molecule has 5 heteroatoms. The third kappa shape index (κ3) is 2.59. The summed E-state index contributed by atoms with van der Waals surface area (Å²) in [5, 5.41) is 0. The largest absolute Gasteiger partial charge is 0.271 e. The predicted octanol–water partition coefficient (Wildman–Crippen LogP) is 1.29. The van der Waals surface area contributed by atoms with Gasteiger partial charge in [-0.05, 0) is 12.1 Å². The Bertz CT molecular complexity index is 387. The highest BCUT2D eigenvalue weighted by Gasteiger charge is 2.11. The van der Waals surface area contributed by atoms with E-state index in [1.807, 2.05) is 29.9 Å². The molecule has 0 saturated heterocycles. The van der Waals surface area contributed by atoms with Gasteiger partial charge in [-0.25, -0.2) is 0 Å². The van der Waals surface area contributed by atoms with Crippen LogP contribution < -0.4 is 11.3 Å². The molecule has 2 heterocycles. The zero-order valence-corrected chi connectivity index (χ0v) is 8.95. The van der Waals surface area contributed by atoms with Gasteiger partial charge in [0.25, 0.3) is 0 Å². The molecule has 0 aliphatic carbocycles. The molecule has 1 atom stereocenters. The zero-order chi connectivity index (χ0) is 10.5. The van der Waals surface area contributed by atoms with Crippen LogP contribution in [0.25, 0.3) is 0 Å². The molecule has 0 fully saturated rings. The second kappa shape index (κ2) is 4.97. The van der Waals surface area contributed by atoms with Gasteiger partial charge in [0.1, 0.15) is 0 Å². The van der Waals surface area contributed by atoms with Crippen molar-refractivity contribution >= 4 is 11.3 Å². The summed E-state index contributed by atoms with van der Waals surface area (Å²) in [6, 6.07) is 5.86. The first kappa shape index (κ1) is 10.2. The number of pyridine rings is 1. The van der Waals surface area contributed by atoms with Crippen LogP contribution in [-0.2, 0) is 6.42 Å². The molecule has 15 heavy (non-hydrogen) atoms. The van der Waals surface area contributed by atoms with Crippen molar-refractivity contribution in [2.24, 2.45) is 5.84 Å². The number of nitrogens with two attached hydrogens (primary N) is 1. The molecule has 1 unspecified atom stereocenters. The summed E-state index contributed by atoms with van der Waals surface area (Å²) in [7, 11) is 0. The maximum atomic E-state index is 5.52. The van der Waals surface area contributed by atoms with Gasteiger partial charge in [-0.1, -0.05) is 6.07 Å². The lowest BCUT2D eigenvalue weighted by Gasteiger charge is -2.13. The molecule has 0 saturated carbocycles. The second-order valence-corrected chi connectivity index (χ2v) is 4.12. The van der Waals surface area contributed by atoms with Crippen LogP contribution in [0.4, 0.5) is 0 Å². The standard InChI is InChI=1S/C10H12N4S/c11-14-10(5-8-6-12-7-15-8)9-3-1-2-4-13-9/h1-4,6-7,10,14H,5,11H2. The third-order valence-corrected chi connectivity index (χ3v) is 2.94. The van der Waals surface area contributed by atoms with E-state index in [4.69, 9.17) is 5.84 Å². The van der Waals surface area contributed by atoms with E-state index in [1.54, 1.807) is 17.5 Å². The van der Waals surface area contributed by atoms with Crippen LogP contribution in [0.15, 0.2) is 36.1 Å². The van der Waals surface area contributed by atoms with Crippen molar-refractivity contribution in [3.8, 4) is 0 Å². The Morgan fingerprint density at radius 1 is 1.47 bits per heavy atom. The minimum absolute atomic E-state index is 0.0478. The highest BCUT2D eigenvalue weighted by Crippen LogP contribution is 2.17. The van der Waals surface area contributed by atoms with E-state index in [2.05, 4.69) is 15.4 Å². The Labute approximate surface area is 92.2 Å². The molecule has 4 nitrogen and oxygen atoms in total. The molecule has 3 N–H and O–H groups in total. The first-order chi connectivity index (χ1) is 7.40. The van der Waals surface area contributed by atoms with Gasteiger partial charge in [0.15, 0.2) is 0 Å². The number of hydrogen-bond acceptors (Lipinski definition) is 5. The van der Waals surface area contributed by atoms with Crippen LogP contribution in [-0.4, -0.2) is 9.97 Å². The number of thiazole rings is 1. The normalized spacial score (nSPS) is 12.6. The molecule has 2 aromatic rings. The Morgan fingerprint density at radius 3 is 3.00 bits per heavy atom. The lowest BCUT2D eigenvalue weighted by molar-refractivity contribution is 0.541. The van der Waals surface area contributed by atoms with E-state index >= 15 is 0 Å². The van der Waals surface area contributed by atoms with Crippen LogP contribution in [0.1, 0.15) is 16.6 Å². The van der Waals surface area contributed by atoms with Crippen molar-refractivity contribution in [2.45, 2.75) is 12.5 Å². The average molecular weight is 220 g/mol.